The number of carbonyl (C=O) groups is 1. The Morgan fingerprint density at radius 3 is 2.35 bits per heavy atom. The maximum atomic E-state index is 13.2. The molecule has 6 nitrogen and oxygen atoms in total. The number of sulfonamides is 1. The van der Waals surface area contributed by atoms with Gasteiger partial charge in [-0.05, 0) is 43.7 Å². The predicted molar refractivity (Wildman–Crippen MR) is 100 cm³/mol. The number of hydrogen-bond donors (Lipinski definition) is 0. The Labute approximate surface area is 158 Å². The average Bonchev–Trinajstić information content (AvgIpc) is 2.59. The molecule has 26 heavy (non-hydrogen) atoms. The van der Waals surface area contributed by atoms with E-state index in [-0.39, 0.29) is 9.92 Å². The Bertz CT molecular complexity index is 927. The van der Waals surface area contributed by atoms with Crippen LogP contribution >= 0.6 is 11.6 Å². The predicted octanol–water partition coefficient (Wildman–Crippen LogP) is 3.33. The van der Waals surface area contributed by atoms with Gasteiger partial charge in [0.1, 0.15) is 12.3 Å². The Kier molecular flexibility index (Phi) is 6.15. The van der Waals surface area contributed by atoms with Crippen LogP contribution in [0.1, 0.15) is 11.1 Å². The van der Waals surface area contributed by atoms with Gasteiger partial charge >= 0.3 is 5.97 Å². The van der Waals surface area contributed by atoms with Crippen LogP contribution in [0.2, 0.25) is 5.02 Å². The van der Waals surface area contributed by atoms with Crippen LogP contribution in [0.15, 0.2) is 41.3 Å². The van der Waals surface area contributed by atoms with Gasteiger partial charge in [0.25, 0.3) is 10.0 Å². The molecule has 0 aliphatic heterocycles. The quantitative estimate of drug-likeness (QED) is 0.699. The largest absolute Gasteiger partial charge is 0.495 e. The molecule has 0 spiro atoms. The van der Waals surface area contributed by atoms with Gasteiger partial charge in [0.2, 0.25) is 0 Å². The highest BCUT2D eigenvalue weighted by molar-refractivity contribution is 7.92. The monoisotopic (exact) mass is 397 g/mol. The van der Waals surface area contributed by atoms with Crippen molar-refractivity contribution < 1.29 is 22.7 Å². The fraction of sp³-hybridized carbons (Fsp3) is 0.278. The zero-order valence-electron chi connectivity index (χ0n) is 14.9. The van der Waals surface area contributed by atoms with Gasteiger partial charge in [-0.3, -0.25) is 9.10 Å². The molecule has 0 heterocycles. The minimum Gasteiger partial charge on any atom is -0.495 e. The maximum absolute atomic E-state index is 13.2. The lowest BCUT2D eigenvalue weighted by Crippen LogP contribution is -2.36. The Hall–Kier alpha value is -2.25. The van der Waals surface area contributed by atoms with Crippen molar-refractivity contribution >= 4 is 33.3 Å². The van der Waals surface area contributed by atoms with Gasteiger partial charge < -0.3 is 9.47 Å². The molecule has 2 aromatic carbocycles. The van der Waals surface area contributed by atoms with Gasteiger partial charge in [-0.1, -0.05) is 29.3 Å². The molecule has 0 radical (unpaired) electrons. The number of hydrogen-bond acceptors (Lipinski definition) is 5. The molecule has 0 saturated carbocycles. The zero-order valence-corrected chi connectivity index (χ0v) is 16.5. The molecule has 0 unspecified atom stereocenters. The molecule has 0 amide bonds. The fourth-order valence-corrected chi connectivity index (χ4v) is 4.32. The van der Waals surface area contributed by atoms with Crippen LogP contribution < -0.4 is 9.04 Å². The van der Waals surface area contributed by atoms with Gasteiger partial charge in [-0.2, -0.15) is 0 Å². The highest BCUT2D eigenvalue weighted by atomic mass is 35.5. The number of halogens is 1. The third-order valence-electron chi connectivity index (χ3n) is 3.83. The molecule has 0 aliphatic carbocycles. The fourth-order valence-electron chi connectivity index (χ4n) is 2.50. The van der Waals surface area contributed by atoms with Gasteiger partial charge in [-0.25, -0.2) is 8.42 Å². The lowest BCUT2D eigenvalue weighted by atomic mass is 10.1. The first kappa shape index (κ1) is 20.1. The molecule has 2 rings (SSSR count). The SMILES string of the molecule is COC(=O)CN(c1ccc(C)cc1C)S(=O)(=O)c1ccc(OC)c(Cl)c1. The summed E-state index contributed by atoms with van der Waals surface area (Å²) in [4.78, 5) is 11.8. The van der Waals surface area contributed by atoms with E-state index in [9.17, 15) is 13.2 Å². The van der Waals surface area contributed by atoms with E-state index >= 15 is 0 Å². The second-order valence-corrected chi connectivity index (χ2v) is 7.94. The van der Waals surface area contributed by atoms with Crippen molar-refractivity contribution in [3.05, 3.63) is 52.5 Å². The van der Waals surface area contributed by atoms with Crippen LogP contribution in [-0.2, 0) is 19.6 Å². The zero-order chi connectivity index (χ0) is 19.5. The number of methoxy groups -OCH3 is 2. The Morgan fingerprint density at radius 1 is 1.12 bits per heavy atom. The van der Waals surface area contributed by atoms with E-state index in [4.69, 9.17) is 16.3 Å². The lowest BCUT2D eigenvalue weighted by molar-refractivity contribution is -0.138. The summed E-state index contributed by atoms with van der Waals surface area (Å²) in [6, 6.07) is 9.43. The van der Waals surface area contributed by atoms with E-state index in [1.165, 1.54) is 32.4 Å². The minimum atomic E-state index is -4.05. The molecule has 140 valence electrons. The summed E-state index contributed by atoms with van der Waals surface area (Å²) >= 11 is 6.07. The molecule has 0 fully saturated rings. The van der Waals surface area contributed by atoms with Crippen LogP contribution in [0.5, 0.6) is 5.75 Å². The van der Waals surface area contributed by atoms with E-state index in [0.29, 0.717) is 11.4 Å². The summed E-state index contributed by atoms with van der Waals surface area (Å²) in [5.41, 5.74) is 2.10. The molecule has 0 aromatic heterocycles. The molecule has 0 bridgehead atoms. The molecular weight excluding hydrogens is 378 g/mol. The van der Waals surface area contributed by atoms with Crippen LogP contribution in [0.25, 0.3) is 0 Å². The van der Waals surface area contributed by atoms with Crippen LogP contribution in [0.4, 0.5) is 5.69 Å². The van der Waals surface area contributed by atoms with E-state index in [1.54, 1.807) is 19.1 Å². The number of anilines is 1. The highest BCUT2D eigenvalue weighted by Gasteiger charge is 2.29. The van der Waals surface area contributed by atoms with Crippen molar-refractivity contribution in [3.8, 4) is 5.75 Å². The number of ether oxygens (including phenoxy) is 2. The topological polar surface area (TPSA) is 72.9 Å². The Morgan fingerprint density at radius 2 is 1.81 bits per heavy atom. The van der Waals surface area contributed by atoms with E-state index < -0.39 is 22.5 Å². The molecule has 0 aliphatic rings. The molecule has 0 atom stereocenters. The smallest absolute Gasteiger partial charge is 0.326 e. The van der Waals surface area contributed by atoms with Crippen molar-refractivity contribution in [2.75, 3.05) is 25.1 Å². The summed E-state index contributed by atoms with van der Waals surface area (Å²) in [5.74, 6) is -0.315. The number of nitrogens with zero attached hydrogens (tertiary/aromatic N) is 1. The normalized spacial score (nSPS) is 11.1. The molecule has 0 N–H and O–H groups in total. The van der Waals surface area contributed by atoms with E-state index in [1.807, 2.05) is 13.0 Å². The number of rotatable bonds is 6. The number of benzene rings is 2. The van der Waals surface area contributed by atoms with Crippen molar-refractivity contribution in [3.63, 3.8) is 0 Å². The first-order valence-corrected chi connectivity index (χ1v) is 9.53. The summed E-state index contributed by atoms with van der Waals surface area (Å²) < 4.78 is 37.1. The first-order chi connectivity index (χ1) is 12.2. The Balaban J connectivity index is 2.59. The summed E-state index contributed by atoms with van der Waals surface area (Å²) in [6.45, 7) is 3.23. The van der Waals surface area contributed by atoms with Gasteiger partial charge in [-0.15, -0.1) is 0 Å². The molecule has 2 aromatic rings. The second kappa shape index (κ2) is 7.97. The number of aryl methyl sites for hydroxylation is 2. The van der Waals surface area contributed by atoms with E-state index in [0.717, 1.165) is 15.4 Å². The van der Waals surface area contributed by atoms with E-state index in [2.05, 4.69) is 4.74 Å². The van der Waals surface area contributed by atoms with Crippen molar-refractivity contribution in [2.45, 2.75) is 18.7 Å². The first-order valence-electron chi connectivity index (χ1n) is 7.71. The molecular formula is C18H20ClNO5S. The van der Waals surface area contributed by atoms with Gasteiger partial charge in [0.15, 0.2) is 0 Å². The van der Waals surface area contributed by atoms with Crippen molar-refractivity contribution in [1.29, 1.82) is 0 Å². The average molecular weight is 398 g/mol. The van der Waals surface area contributed by atoms with Crippen molar-refractivity contribution in [2.24, 2.45) is 0 Å². The highest BCUT2D eigenvalue weighted by Crippen LogP contribution is 2.31. The van der Waals surface area contributed by atoms with Crippen LogP contribution in [0, 0.1) is 13.8 Å². The summed E-state index contributed by atoms with van der Waals surface area (Å²) in [6.07, 6.45) is 0. The molecule has 0 saturated heterocycles. The van der Waals surface area contributed by atoms with Gasteiger partial charge in [0.05, 0.1) is 29.8 Å². The van der Waals surface area contributed by atoms with Crippen LogP contribution in [-0.4, -0.2) is 35.2 Å². The summed E-state index contributed by atoms with van der Waals surface area (Å²) in [5, 5.41) is 0.159. The van der Waals surface area contributed by atoms with Gasteiger partial charge in [0, 0.05) is 0 Å². The second-order valence-electron chi connectivity index (χ2n) is 5.67. The molecule has 8 heteroatoms. The minimum absolute atomic E-state index is 0.0489. The maximum Gasteiger partial charge on any atom is 0.326 e. The standard InChI is InChI=1S/C18H20ClNO5S/c1-12-5-7-16(13(2)9-12)20(11-18(21)25-4)26(22,23)14-6-8-17(24-3)15(19)10-14/h5-10H,11H2,1-4H3. The summed E-state index contributed by atoms with van der Waals surface area (Å²) in [7, 11) is -1.40. The third kappa shape index (κ3) is 4.11. The third-order valence-corrected chi connectivity index (χ3v) is 5.88. The number of esters is 1. The number of carbonyl (C=O) groups excluding carboxylic acids is 1. The van der Waals surface area contributed by atoms with Crippen LogP contribution in [0.3, 0.4) is 0 Å². The lowest BCUT2D eigenvalue weighted by Gasteiger charge is -2.25. The van der Waals surface area contributed by atoms with Crippen molar-refractivity contribution in [1.82, 2.24) is 0 Å².